The number of carbonyl (C=O) groups excluding carboxylic acids is 1. The molecule has 0 unspecified atom stereocenters. The highest BCUT2D eigenvalue weighted by molar-refractivity contribution is 7.99. The molecule has 0 aliphatic heterocycles. The first-order valence-electron chi connectivity index (χ1n) is 9.62. The van der Waals surface area contributed by atoms with Crippen molar-refractivity contribution in [1.82, 2.24) is 20.2 Å². The summed E-state index contributed by atoms with van der Waals surface area (Å²) in [5.41, 5.74) is 3.17. The minimum atomic E-state index is -0.0496. The van der Waals surface area contributed by atoms with Crippen molar-refractivity contribution >= 4 is 23.4 Å². The van der Waals surface area contributed by atoms with Gasteiger partial charge in [-0.1, -0.05) is 73.1 Å². The molecule has 1 aromatic heterocycles. The number of anilines is 1. The van der Waals surface area contributed by atoms with E-state index in [1.165, 1.54) is 30.2 Å². The third kappa shape index (κ3) is 4.59. The predicted octanol–water partition coefficient (Wildman–Crippen LogP) is 4.11. The van der Waals surface area contributed by atoms with E-state index in [1.54, 1.807) is 0 Å². The van der Waals surface area contributed by atoms with E-state index in [0.29, 0.717) is 6.04 Å². The molecule has 3 aromatic rings. The maximum Gasteiger partial charge on any atom is 0.234 e. The van der Waals surface area contributed by atoms with Gasteiger partial charge in [-0.15, -0.1) is 5.10 Å². The summed E-state index contributed by atoms with van der Waals surface area (Å²) in [5, 5.41) is 15.8. The number of hydrogen-bond donors (Lipinski definition) is 1. The van der Waals surface area contributed by atoms with Gasteiger partial charge < -0.3 is 5.32 Å². The summed E-state index contributed by atoms with van der Waals surface area (Å²) in [6.07, 6.45) is 5.43. The normalized spacial score (nSPS) is 14.3. The number of para-hydroxylation sites is 1. The van der Waals surface area contributed by atoms with Gasteiger partial charge >= 0.3 is 0 Å². The zero-order valence-electron chi connectivity index (χ0n) is 15.6. The number of benzene rings is 2. The largest absolute Gasteiger partial charge is 0.325 e. The van der Waals surface area contributed by atoms with Gasteiger partial charge in [-0.3, -0.25) is 4.79 Å². The lowest BCUT2D eigenvalue weighted by Crippen LogP contribution is -2.16. The Morgan fingerprint density at radius 2 is 1.82 bits per heavy atom. The molecule has 0 atom stereocenters. The van der Waals surface area contributed by atoms with E-state index >= 15 is 0 Å². The fraction of sp³-hybridized carbons (Fsp3) is 0.333. The first-order chi connectivity index (χ1) is 13.8. The minimum absolute atomic E-state index is 0.0496. The van der Waals surface area contributed by atoms with Crippen molar-refractivity contribution in [2.45, 2.75) is 43.3 Å². The summed E-state index contributed by atoms with van der Waals surface area (Å²) < 4.78 is 1.88. The third-order valence-electron chi connectivity index (χ3n) is 4.99. The van der Waals surface area contributed by atoms with Crippen LogP contribution in [0.3, 0.4) is 0 Å². The molecule has 2 aromatic carbocycles. The number of nitrogens with zero attached hydrogens (tertiary/aromatic N) is 4. The second-order valence-corrected chi connectivity index (χ2v) is 7.94. The number of aromatic nitrogens is 4. The number of nitrogens with one attached hydrogen (secondary N) is 1. The first-order valence-corrected chi connectivity index (χ1v) is 10.6. The van der Waals surface area contributed by atoms with E-state index in [0.717, 1.165) is 35.7 Å². The predicted molar refractivity (Wildman–Crippen MR) is 110 cm³/mol. The molecule has 1 amide bonds. The van der Waals surface area contributed by atoms with Crippen molar-refractivity contribution in [3.05, 3.63) is 65.7 Å². The minimum Gasteiger partial charge on any atom is -0.325 e. The van der Waals surface area contributed by atoms with Gasteiger partial charge in [0.25, 0.3) is 0 Å². The number of thioether (sulfide) groups is 1. The molecule has 0 saturated heterocycles. The van der Waals surface area contributed by atoms with Crippen molar-refractivity contribution < 1.29 is 4.79 Å². The standard InChI is InChI=1S/C21H23N5OS/c27-20(15-28-21-23-24-25-26(21)18-11-5-6-12-18)22-19-13-7-4-10-17(19)14-16-8-2-1-3-9-16/h1-4,7-10,13,18H,5-6,11-12,14-15H2,(H,22,27). The van der Waals surface area contributed by atoms with E-state index in [1.807, 2.05) is 41.1 Å². The molecule has 0 spiro atoms. The number of tetrazole rings is 1. The molecular weight excluding hydrogens is 370 g/mol. The second kappa shape index (κ2) is 9.01. The zero-order chi connectivity index (χ0) is 19.2. The highest BCUT2D eigenvalue weighted by atomic mass is 32.2. The Bertz CT molecular complexity index is 921. The maximum atomic E-state index is 12.5. The number of carbonyl (C=O) groups is 1. The van der Waals surface area contributed by atoms with E-state index in [2.05, 4.69) is 39.0 Å². The van der Waals surface area contributed by atoms with Crippen molar-refractivity contribution in [1.29, 1.82) is 0 Å². The summed E-state index contributed by atoms with van der Waals surface area (Å²) in [6, 6.07) is 18.6. The molecule has 1 aliphatic rings. The van der Waals surface area contributed by atoms with Crippen LogP contribution in [0.2, 0.25) is 0 Å². The van der Waals surface area contributed by atoms with Crippen LogP contribution >= 0.6 is 11.8 Å². The van der Waals surface area contributed by atoms with Gasteiger partial charge in [0.1, 0.15) is 0 Å². The number of hydrogen-bond acceptors (Lipinski definition) is 5. The van der Waals surface area contributed by atoms with Crippen LogP contribution < -0.4 is 5.32 Å². The van der Waals surface area contributed by atoms with Crippen molar-refractivity contribution in [2.24, 2.45) is 0 Å². The van der Waals surface area contributed by atoms with Crippen LogP contribution in [0, 0.1) is 0 Å². The van der Waals surface area contributed by atoms with E-state index in [4.69, 9.17) is 0 Å². The summed E-state index contributed by atoms with van der Waals surface area (Å²) >= 11 is 1.39. The Morgan fingerprint density at radius 3 is 2.64 bits per heavy atom. The SMILES string of the molecule is O=C(CSc1nnnn1C1CCCC1)Nc1ccccc1Cc1ccccc1. The van der Waals surface area contributed by atoms with Crippen LogP contribution in [-0.2, 0) is 11.2 Å². The molecule has 1 saturated carbocycles. The van der Waals surface area contributed by atoms with Crippen molar-refractivity contribution in [3.8, 4) is 0 Å². The Morgan fingerprint density at radius 1 is 1.07 bits per heavy atom. The number of rotatable bonds is 7. The molecular formula is C21H23N5OS. The fourth-order valence-electron chi connectivity index (χ4n) is 3.59. The molecule has 4 rings (SSSR count). The molecule has 0 radical (unpaired) electrons. The first kappa shape index (κ1) is 18.7. The molecule has 0 bridgehead atoms. The van der Waals surface area contributed by atoms with Gasteiger partial charge in [-0.05, 0) is 46.9 Å². The van der Waals surface area contributed by atoms with Gasteiger partial charge in [0, 0.05) is 5.69 Å². The summed E-state index contributed by atoms with van der Waals surface area (Å²) in [6.45, 7) is 0. The topological polar surface area (TPSA) is 72.7 Å². The van der Waals surface area contributed by atoms with Crippen LogP contribution in [0.1, 0.15) is 42.9 Å². The summed E-state index contributed by atoms with van der Waals surface area (Å²) in [5.74, 6) is 0.235. The second-order valence-electron chi connectivity index (χ2n) is 7.00. The van der Waals surface area contributed by atoms with Crippen LogP contribution in [0.5, 0.6) is 0 Å². The van der Waals surface area contributed by atoms with Crippen molar-refractivity contribution in [2.75, 3.05) is 11.1 Å². The van der Waals surface area contributed by atoms with Gasteiger partial charge in [0.05, 0.1) is 11.8 Å². The van der Waals surface area contributed by atoms with Crippen LogP contribution in [0.15, 0.2) is 59.8 Å². The summed E-state index contributed by atoms with van der Waals surface area (Å²) in [7, 11) is 0. The monoisotopic (exact) mass is 393 g/mol. The molecule has 1 aliphatic carbocycles. The highest BCUT2D eigenvalue weighted by Gasteiger charge is 2.22. The number of amides is 1. The lowest BCUT2D eigenvalue weighted by Gasteiger charge is -2.12. The zero-order valence-corrected chi connectivity index (χ0v) is 16.4. The van der Waals surface area contributed by atoms with Crippen LogP contribution in [0.25, 0.3) is 0 Å². The lowest BCUT2D eigenvalue weighted by atomic mass is 10.0. The average Bonchev–Trinajstić information content (AvgIpc) is 3.40. The molecule has 1 fully saturated rings. The van der Waals surface area contributed by atoms with E-state index < -0.39 is 0 Å². The van der Waals surface area contributed by atoms with E-state index in [-0.39, 0.29) is 11.7 Å². The maximum absolute atomic E-state index is 12.5. The van der Waals surface area contributed by atoms with Gasteiger partial charge in [-0.2, -0.15) is 0 Å². The molecule has 28 heavy (non-hydrogen) atoms. The molecule has 1 heterocycles. The quantitative estimate of drug-likeness (QED) is 0.612. The molecule has 1 N–H and O–H groups in total. The van der Waals surface area contributed by atoms with Gasteiger partial charge in [0.2, 0.25) is 11.1 Å². The van der Waals surface area contributed by atoms with Gasteiger partial charge in [0.15, 0.2) is 0 Å². The summed E-state index contributed by atoms with van der Waals surface area (Å²) in [4.78, 5) is 12.5. The Kier molecular flexibility index (Phi) is 6.01. The smallest absolute Gasteiger partial charge is 0.234 e. The molecule has 7 heteroatoms. The Hall–Kier alpha value is -2.67. The Labute approximate surface area is 168 Å². The van der Waals surface area contributed by atoms with Crippen LogP contribution in [-0.4, -0.2) is 31.9 Å². The lowest BCUT2D eigenvalue weighted by molar-refractivity contribution is -0.113. The van der Waals surface area contributed by atoms with E-state index in [9.17, 15) is 4.79 Å². The molecule has 144 valence electrons. The molecule has 6 nitrogen and oxygen atoms in total. The van der Waals surface area contributed by atoms with Crippen molar-refractivity contribution in [3.63, 3.8) is 0 Å². The third-order valence-corrected chi connectivity index (χ3v) is 5.93. The highest BCUT2D eigenvalue weighted by Crippen LogP contribution is 2.31. The average molecular weight is 394 g/mol. The van der Waals surface area contributed by atoms with Gasteiger partial charge in [-0.25, -0.2) is 4.68 Å². The fourth-order valence-corrected chi connectivity index (χ4v) is 4.33. The Balaban J connectivity index is 1.38. The van der Waals surface area contributed by atoms with Crippen LogP contribution in [0.4, 0.5) is 5.69 Å².